The largest absolute Gasteiger partial charge is 0.352 e. The maximum Gasteiger partial charge on any atom is 0.256 e. The highest BCUT2D eigenvalue weighted by Crippen LogP contribution is 2.33. The van der Waals surface area contributed by atoms with E-state index in [1.807, 2.05) is 30.3 Å². The van der Waals surface area contributed by atoms with Crippen molar-refractivity contribution >= 4 is 23.4 Å². The molecule has 1 atom stereocenters. The van der Waals surface area contributed by atoms with Crippen LogP contribution >= 0.6 is 0 Å². The lowest BCUT2D eigenvalue weighted by Crippen LogP contribution is -2.44. The standard InChI is InChI=1S/C24H27N3O3/c1-2-3-14-25-22(28)18-12-10-17(11-13-18)16-27-20-8-5-4-7-19(20)23(29)26-15-6-9-21(26)24(27)30/h4-5,7-8,10-13,21H,2-3,6,9,14-16H2,1H3,(H,25,28). The van der Waals surface area contributed by atoms with Crippen LogP contribution in [0.2, 0.25) is 0 Å². The second-order valence-electron chi connectivity index (χ2n) is 7.90. The van der Waals surface area contributed by atoms with E-state index in [4.69, 9.17) is 0 Å². The highest BCUT2D eigenvalue weighted by atomic mass is 16.2. The number of hydrogen-bond donors (Lipinski definition) is 1. The van der Waals surface area contributed by atoms with Crippen molar-refractivity contribution in [2.75, 3.05) is 18.0 Å². The van der Waals surface area contributed by atoms with Gasteiger partial charge >= 0.3 is 0 Å². The molecular weight excluding hydrogens is 378 g/mol. The average Bonchev–Trinajstić information content (AvgIpc) is 3.24. The van der Waals surface area contributed by atoms with Gasteiger partial charge in [-0.2, -0.15) is 0 Å². The summed E-state index contributed by atoms with van der Waals surface area (Å²) in [5, 5.41) is 2.91. The van der Waals surface area contributed by atoms with Gasteiger partial charge in [0.05, 0.1) is 17.8 Å². The van der Waals surface area contributed by atoms with Crippen LogP contribution in [0, 0.1) is 0 Å². The summed E-state index contributed by atoms with van der Waals surface area (Å²) in [4.78, 5) is 42.0. The lowest BCUT2D eigenvalue weighted by molar-refractivity contribution is -0.122. The summed E-state index contributed by atoms with van der Waals surface area (Å²) < 4.78 is 0. The number of carbonyl (C=O) groups is 3. The average molecular weight is 405 g/mol. The second kappa shape index (κ2) is 8.69. The number of nitrogens with one attached hydrogen (secondary N) is 1. The third kappa shape index (κ3) is 3.82. The Labute approximate surface area is 176 Å². The fourth-order valence-electron chi connectivity index (χ4n) is 4.20. The number of nitrogens with zero attached hydrogens (tertiary/aromatic N) is 2. The molecule has 0 aliphatic carbocycles. The molecule has 0 saturated carbocycles. The molecule has 0 spiro atoms. The molecule has 6 heteroatoms. The Bertz CT molecular complexity index is 954. The lowest BCUT2D eigenvalue weighted by atomic mass is 10.1. The van der Waals surface area contributed by atoms with Crippen LogP contribution in [0.1, 0.15) is 58.9 Å². The molecule has 4 rings (SSSR count). The van der Waals surface area contributed by atoms with E-state index in [-0.39, 0.29) is 17.7 Å². The van der Waals surface area contributed by atoms with Gasteiger partial charge in [0.25, 0.3) is 11.8 Å². The molecular formula is C24H27N3O3. The first-order chi connectivity index (χ1) is 14.6. The van der Waals surface area contributed by atoms with Crippen molar-refractivity contribution in [2.24, 2.45) is 0 Å². The van der Waals surface area contributed by atoms with Crippen LogP contribution in [0.3, 0.4) is 0 Å². The van der Waals surface area contributed by atoms with Gasteiger partial charge in [-0.1, -0.05) is 37.6 Å². The van der Waals surface area contributed by atoms with Crippen LogP contribution in [0.25, 0.3) is 0 Å². The maximum atomic E-state index is 13.3. The summed E-state index contributed by atoms with van der Waals surface area (Å²) in [6.45, 7) is 3.74. The number of benzene rings is 2. The minimum Gasteiger partial charge on any atom is -0.352 e. The summed E-state index contributed by atoms with van der Waals surface area (Å²) in [6, 6.07) is 14.3. The molecule has 30 heavy (non-hydrogen) atoms. The van der Waals surface area contributed by atoms with Crippen molar-refractivity contribution < 1.29 is 14.4 Å². The Balaban J connectivity index is 1.57. The predicted molar refractivity (Wildman–Crippen MR) is 115 cm³/mol. The number of amides is 3. The smallest absolute Gasteiger partial charge is 0.256 e. The lowest BCUT2D eigenvalue weighted by Gasteiger charge is -2.26. The molecule has 0 aromatic heterocycles. The molecule has 1 unspecified atom stereocenters. The predicted octanol–water partition coefficient (Wildman–Crippen LogP) is 3.37. The number of unbranched alkanes of at least 4 members (excludes halogenated alkanes) is 1. The number of para-hydroxylation sites is 1. The SMILES string of the molecule is CCCCNC(=O)c1ccc(CN2C(=O)C3CCCN3C(=O)c3ccccc32)cc1. The van der Waals surface area contributed by atoms with E-state index in [0.29, 0.717) is 42.9 Å². The molecule has 1 fully saturated rings. The highest BCUT2D eigenvalue weighted by molar-refractivity contribution is 6.11. The van der Waals surface area contributed by atoms with Crippen molar-refractivity contribution in [1.82, 2.24) is 10.2 Å². The van der Waals surface area contributed by atoms with Crippen LogP contribution in [0.5, 0.6) is 0 Å². The van der Waals surface area contributed by atoms with Gasteiger partial charge in [0.1, 0.15) is 6.04 Å². The van der Waals surface area contributed by atoms with E-state index in [9.17, 15) is 14.4 Å². The Morgan fingerprint density at radius 2 is 1.87 bits per heavy atom. The van der Waals surface area contributed by atoms with Crippen molar-refractivity contribution in [2.45, 2.75) is 45.2 Å². The number of hydrogen-bond acceptors (Lipinski definition) is 3. The van der Waals surface area contributed by atoms with Gasteiger partial charge in [-0.25, -0.2) is 0 Å². The summed E-state index contributed by atoms with van der Waals surface area (Å²) >= 11 is 0. The zero-order valence-electron chi connectivity index (χ0n) is 17.3. The number of anilines is 1. The molecule has 2 aliphatic rings. The van der Waals surface area contributed by atoms with E-state index >= 15 is 0 Å². The summed E-state index contributed by atoms with van der Waals surface area (Å²) in [5.41, 5.74) is 2.75. The van der Waals surface area contributed by atoms with Crippen LogP contribution in [0.4, 0.5) is 5.69 Å². The fourth-order valence-corrected chi connectivity index (χ4v) is 4.20. The summed E-state index contributed by atoms with van der Waals surface area (Å²) in [5.74, 6) is -0.186. The van der Waals surface area contributed by atoms with Gasteiger partial charge in [-0.05, 0) is 49.1 Å². The maximum absolute atomic E-state index is 13.3. The second-order valence-corrected chi connectivity index (χ2v) is 7.90. The molecule has 156 valence electrons. The van der Waals surface area contributed by atoms with Gasteiger partial charge < -0.3 is 15.1 Å². The quantitative estimate of drug-likeness (QED) is 0.749. The molecule has 2 heterocycles. The zero-order valence-corrected chi connectivity index (χ0v) is 17.3. The zero-order chi connectivity index (χ0) is 21.1. The molecule has 2 aliphatic heterocycles. The van der Waals surface area contributed by atoms with Crippen molar-refractivity contribution in [3.8, 4) is 0 Å². The molecule has 6 nitrogen and oxygen atoms in total. The molecule has 3 amide bonds. The molecule has 0 radical (unpaired) electrons. The van der Waals surface area contributed by atoms with Gasteiger partial charge in [0, 0.05) is 18.7 Å². The van der Waals surface area contributed by atoms with E-state index in [0.717, 1.165) is 24.8 Å². The molecule has 2 aromatic carbocycles. The van der Waals surface area contributed by atoms with E-state index in [1.54, 1.807) is 28.0 Å². The van der Waals surface area contributed by atoms with Crippen molar-refractivity contribution in [3.63, 3.8) is 0 Å². The molecule has 2 aromatic rings. The first kappa shape index (κ1) is 20.1. The first-order valence-electron chi connectivity index (χ1n) is 10.7. The molecule has 1 saturated heterocycles. The number of carbonyl (C=O) groups excluding carboxylic acids is 3. The summed E-state index contributed by atoms with van der Waals surface area (Å²) in [7, 11) is 0. The minimum absolute atomic E-state index is 0.0350. The fraction of sp³-hybridized carbons (Fsp3) is 0.375. The van der Waals surface area contributed by atoms with E-state index in [1.165, 1.54) is 0 Å². The van der Waals surface area contributed by atoms with Gasteiger partial charge in [-0.15, -0.1) is 0 Å². The van der Waals surface area contributed by atoms with E-state index < -0.39 is 6.04 Å². The third-order valence-electron chi connectivity index (χ3n) is 5.86. The Hall–Kier alpha value is -3.15. The Kier molecular flexibility index (Phi) is 5.84. The first-order valence-corrected chi connectivity index (χ1v) is 10.7. The topological polar surface area (TPSA) is 69.7 Å². The highest BCUT2D eigenvalue weighted by Gasteiger charge is 2.41. The number of rotatable bonds is 6. The van der Waals surface area contributed by atoms with Gasteiger partial charge in [-0.3, -0.25) is 14.4 Å². The van der Waals surface area contributed by atoms with Crippen LogP contribution in [-0.2, 0) is 11.3 Å². The van der Waals surface area contributed by atoms with Gasteiger partial charge in [0.2, 0.25) is 5.91 Å². The van der Waals surface area contributed by atoms with Crippen molar-refractivity contribution in [3.05, 3.63) is 65.2 Å². The third-order valence-corrected chi connectivity index (χ3v) is 5.86. The normalized spacial score (nSPS) is 18.1. The molecule has 0 bridgehead atoms. The van der Waals surface area contributed by atoms with Crippen LogP contribution in [-0.4, -0.2) is 41.8 Å². The minimum atomic E-state index is -0.395. The monoisotopic (exact) mass is 405 g/mol. The van der Waals surface area contributed by atoms with Gasteiger partial charge in [0.15, 0.2) is 0 Å². The van der Waals surface area contributed by atoms with Crippen molar-refractivity contribution in [1.29, 1.82) is 0 Å². The van der Waals surface area contributed by atoms with Crippen LogP contribution in [0.15, 0.2) is 48.5 Å². The Morgan fingerprint density at radius 3 is 2.63 bits per heavy atom. The summed E-state index contributed by atoms with van der Waals surface area (Å²) in [6.07, 6.45) is 3.54. The van der Waals surface area contributed by atoms with Crippen LogP contribution < -0.4 is 10.2 Å². The molecule has 1 N–H and O–H groups in total. The Morgan fingerprint density at radius 1 is 1.10 bits per heavy atom. The van der Waals surface area contributed by atoms with E-state index in [2.05, 4.69) is 12.2 Å². The number of fused-ring (bicyclic) bond motifs is 2.